The molecule has 0 fully saturated rings. The Bertz CT molecular complexity index is 497. The maximum absolute atomic E-state index is 8.98. The van der Waals surface area contributed by atoms with E-state index in [1.54, 1.807) is 0 Å². The van der Waals surface area contributed by atoms with E-state index in [1.165, 1.54) is 5.56 Å². The average Bonchev–Trinajstić information content (AvgIpc) is 2.46. The lowest BCUT2D eigenvalue weighted by molar-refractivity contribution is 0.282. The molecule has 2 aromatic rings. The van der Waals surface area contributed by atoms with E-state index < -0.39 is 0 Å². The summed E-state index contributed by atoms with van der Waals surface area (Å²) in [4.78, 5) is 0. The van der Waals surface area contributed by atoms with Crippen LogP contribution in [0, 0.1) is 0 Å². The number of hydrogen-bond acceptors (Lipinski definition) is 1. The minimum Gasteiger partial charge on any atom is -0.392 e. The summed E-state index contributed by atoms with van der Waals surface area (Å²) in [6, 6.07) is 18.4. The van der Waals surface area contributed by atoms with Crippen LogP contribution in [0.15, 0.2) is 60.7 Å². The molecule has 1 unspecified atom stereocenters. The fraction of sp³-hybridized carbons (Fsp3) is 0.176. The van der Waals surface area contributed by atoms with E-state index in [-0.39, 0.29) is 6.61 Å². The predicted molar refractivity (Wildman–Crippen MR) is 76.3 cm³/mol. The number of allylic oxidation sites excluding steroid dienone is 1. The van der Waals surface area contributed by atoms with Crippen molar-refractivity contribution >= 4 is 6.08 Å². The van der Waals surface area contributed by atoms with Crippen molar-refractivity contribution in [3.05, 3.63) is 77.4 Å². The molecule has 1 N–H and O–H groups in total. The van der Waals surface area contributed by atoms with Crippen LogP contribution in [-0.2, 0) is 6.61 Å². The van der Waals surface area contributed by atoms with Gasteiger partial charge in [0.05, 0.1) is 6.61 Å². The Morgan fingerprint density at radius 3 is 2.28 bits per heavy atom. The first-order chi connectivity index (χ1) is 8.79. The summed E-state index contributed by atoms with van der Waals surface area (Å²) >= 11 is 0. The lowest BCUT2D eigenvalue weighted by atomic mass is 10.00. The lowest BCUT2D eigenvalue weighted by Gasteiger charge is -2.06. The number of benzene rings is 2. The molecular weight excluding hydrogens is 220 g/mol. The number of aliphatic hydroxyl groups excluding tert-OH is 1. The van der Waals surface area contributed by atoms with Crippen LogP contribution >= 0.6 is 0 Å². The fourth-order valence-electron chi connectivity index (χ4n) is 1.86. The second-order valence-corrected chi connectivity index (χ2v) is 4.46. The first-order valence-electron chi connectivity index (χ1n) is 6.22. The van der Waals surface area contributed by atoms with Gasteiger partial charge in [0, 0.05) is 0 Å². The van der Waals surface area contributed by atoms with Crippen LogP contribution < -0.4 is 0 Å². The van der Waals surface area contributed by atoms with Crippen LogP contribution in [0.2, 0.25) is 0 Å². The third-order valence-electron chi connectivity index (χ3n) is 3.06. The van der Waals surface area contributed by atoms with Gasteiger partial charge in [0.25, 0.3) is 0 Å². The molecular formula is C17H18O. The Hall–Kier alpha value is -1.86. The Morgan fingerprint density at radius 2 is 1.67 bits per heavy atom. The average molecular weight is 238 g/mol. The largest absolute Gasteiger partial charge is 0.392 e. The van der Waals surface area contributed by atoms with Crippen LogP contribution in [0.5, 0.6) is 0 Å². The quantitative estimate of drug-likeness (QED) is 0.853. The predicted octanol–water partition coefficient (Wildman–Crippen LogP) is 4.00. The van der Waals surface area contributed by atoms with Crippen molar-refractivity contribution in [2.45, 2.75) is 19.4 Å². The van der Waals surface area contributed by atoms with Crippen LogP contribution in [0.4, 0.5) is 0 Å². The highest BCUT2D eigenvalue weighted by Crippen LogP contribution is 2.17. The normalized spacial score (nSPS) is 12.8. The molecule has 0 saturated heterocycles. The standard InChI is InChI=1S/C17H18O/c1-14(17-5-3-2-4-6-17)7-8-15-9-11-16(13-18)12-10-15/h2-12,14,18H,13H2,1H3. The molecule has 0 bridgehead atoms. The Morgan fingerprint density at radius 1 is 1.00 bits per heavy atom. The Labute approximate surface area is 108 Å². The summed E-state index contributed by atoms with van der Waals surface area (Å²) in [7, 11) is 0. The van der Waals surface area contributed by atoms with Gasteiger partial charge in [-0.2, -0.15) is 0 Å². The third kappa shape index (κ3) is 3.31. The summed E-state index contributed by atoms with van der Waals surface area (Å²) < 4.78 is 0. The van der Waals surface area contributed by atoms with Gasteiger partial charge in [-0.25, -0.2) is 0 Å². The van der Waals surface area contributed by atoms with E-state index in [0.29, 0.717) is 5.92 Å². The van der Waals surface area contributed by atoms with Gasteiger partial charge in [-0.1, -0.05) is 73.7 Å². The Kier molecular flexibility index (Phi) is 4.32. The van der Waals surface area contributed by atoms with Crippen molar-refractivity contribution < 1.29 is 5.11 Å². The molecule has 0 aliphatic rings. The lowest BCUT2D eigenvalue weighted by Crippen LogP contribution is -1.87. The molecule has 18 heavy (non-hydrogen) atoms. The molecule has 0 aliphatic heterocycles. The molecule has 0 spiro atoms. The van der Waals surface area contributed by atoms with Crippen molar-refractivity contribution in [2.75, 3.05) is 0 Å². The first kappa shape index (κ1) is 12.6. The highest BCUT2D eigenvalue weighted by molar-refractivity contribution is 5.51. The van der Waals surface area contributed by atoms with Gasteiger partial charge in [0.15, 0.2) is 0 Å². The zero-order valence-electron chi connectivity index (χ0n) is 10.6. The van der Waals surface area contributed by atoms with Gasteiger partial charge in [0.2, 0.25) is 0 Å². The summed E-state index contributed by atoms with van der Waals surface area (Å²) in [5, 5.41) is 8.98. The smallest absolute Gasteiger partial charge is 0.0681 e. The van der Waals surface area contributed by atoms with Gasteiger partial charge >= 0.3 is 0 Å². The van der Waals surface area contributed by atoms with E-state index in [9.17, 15) is 0 Å². The molecule has 0 amide bonds. The third-order valence-corrected chi connectivity index (χ3v) is 3.06. The highest BCUT2D eigenvalue weighted by Gasteiger charge is 1.99. The molecule has 1 heteroatoms. The molecule has 0 heterocycles. The highest BCUT2D eigenvalue weighted by atomic mass is 16.3. The molecule has 1 atom stereocenters. The van der Waals surface area contributed by atoms with Crippen LogP contribution in [0.3, 0.4) is 0 Å². The van der Waals surface area contributed by atoms with Crippen molar-refractivity contribution in [1.82, 2.24) is 0 Å². The van der Waals surface area contributed by atoms with E-state index in [0.717, 1.165) is 11.1 Å². The minimum absolute atomic E-state index is 0.102. The van der Waals surface area contributed by atoms with Crippen LogP contribution in [-0.4, -0.2) is 5.11 Å². The summed E-state index contributed by atoms with van der Waals surface area (Å²) in [6.45, 7) is 2.29. The van der Waals surface area contributed by atoms with E-state index in [4.69, 9.17) is 5.11 Å². The molecule has 2 rings (SSSR count). The van der Waals surface area contributed by atoms with E-state index >= 15 is 0 Å². The molecule has 1 nitrogen and oxygen atoms in total. The zero-order chi connectivity index (χ0) is 12.8. The van der Waals surface area contributed by atoms with E-state index in [2.05, 4.69) is 43.3 Å². The van der Waals surface area contributed by atoms with Gasteiger partial charge in [0.1, 0.15) is 0 Å². The first-order valence-corrected chi connectivity index (χ1v) is 6.22. The van der Waals surface area contributed by atoms with Crippen molar-refractivity contribution in [1.29, 1.82) is 0 Å². The maximum atomic E-state index is 8.98. The summed E-state index contributed by atoms with van der Waals surface area (Å²) in [6.07, 6.45) is 4.32. The molecule has 0 aliphatic carbocycles. The molecule has 0 aromatic heterocycles. The molecule has 0 radical (unpaired) electrons. The topological polar surface area (TPSA) is 20.2 Å². The van der Waals surface area contributed by atoms with Crippen LogP contribution in [0.1, 0.15) is 29.5 Å². The summed E-state index contributed by atoms with van der Waals surface area (Å²) in [5.74, 6) is 0.406. The molecule has 92 valence electrons. The summed E-state index contributed by atoms with van der Waals surface area (Å²) in [5.41, 5.74) is 3.43. The molecule has 0 saturated carbocycles. The van der Waals surface area contributed by atoms with Gasteiger partial charge in [-0.15, -0.1) is 0 Å². The fourth-order valence-corrected chi connectivity index (χ4v) is 1.86. The monoisotopic (exact) mass is 238 g/mol. The van der Waals surface area contributed by atoms with Crippen LogP contribution in [0.25, 0.3) is 6.08 Å². The van der Waals surface area contributed by atoms with E-state index in [1.807, 2.05) is 30.3 Å². The second kappa shape index (κ2) is 6.18. The number of aliphatic hydroxyl groups is 1. The van der Waals surface area contributed by atoms with Gasteiger partial charge in [-0.3, -0.25) is 0 Å². The minimum atomic E-state index is 0.102. The number of hydrogen-bond donors (Lipinski definition) is 1. The van der Waals surface area contributed by atoms with Crippen molar-refractivity contribution in [3.8, 4) is 0 Å². The zero-order valence-corrected chi connectivity index (χ0v) is 10.6. The maximum Gasteiger partial charge on any atom is 0.0681 e. The van der Waals surface area contributed by atoms with Gasteiger partial charge < -0.3 is 5.11 Å². The van der Waals surface area contributed by atoms with Crippen molar-refractivity contribution in [3.63, 3.8) is 0 Å². The van der Waals surface area contributed by atoms with Crippen molar-refractivity contribution in [2.24, 2.45) is 0 Å². The number of rotatable bonds is 4. The Balaban J connectivity index is 2.06. The van der Waals surface area contributed by atoms with Gasteiger partial charge in [-0.05, 0) is 22.6 Å². The molecule has 2 aromatic carbocycles. The SMILES string of the molecule is CC(C=Cc1ccc(CO)cc1)c1ccccc1. The second-order valence-electron chi connectivity index (χ2n) is 4.46.